The van der Waals surface area contributed by atoms with Crippen molar-refractivity contribution in [1.82, 2.24) is 0 Å². The van der Waals surface area contributed by atoms with Crippen LogP contribution in [0.25, 0.3) is 0 Å². The second-order valence-corrected chi connectivity index (χ2v) is 4.64. The van der Waals surface area contributed by atoms with Gasteiger partial charge in [-0.15, -0.1) is 0 Å². The van der Waals surface area contributed by atoms with Crippen molar-refractivity contribution in [2.75, 3.05) is 0 Å². The molecule has 0 amide bonds. The summed E-state index contributed by atoms with van der Waals surface area (Å²) in [7, 11) is 0. The number of hydrogen-bond donors (Lipinski definition) is 0. The molecular weight excluding hydrogens is 182 g/mol. The maximum absolute atomic E-state index is 8.66. The van der Waals surface area contributed by atoms with Crippen molar-refractivity contribution in [3.05, 3.63) is 0 Å². The Bertz CT molecular complexity index is 140. The molecule has 0 aromatic carbocycles. The van der Waals surface area contributed by atoms with Gasteiger partial charge in [-0.25, -0.2) is 0 Å². The predicted octanol–water partition coefficient (Wildman–Crippen LogP) is 5.41. The first-order valence-corrected chi connectivity index (χ1v) is 6.30. The largest absolute Gasteiger partial charge is 0.198 e. The maximum atomic E-state index is 8.66. The molecule has 0 N–H and O–H groups in total. The van der Waals surface area contributed by atoms with Gasteiger partial charge in [0.1, 0.15) is 0 Å². The second kappa shape index (κ2) is 13.5. The quantitative estimate of drug-likeness (QED) is 0.614. The normalized spacial score (nSPS) is 9.33. The van der Waals surface area contributed by atoms with Crippen LogP contribution in [0, 0.1) is 22.7 Å². The standard InChI is InChI=1S/C9H17N.C3H8.C2H6/c1-8(2)5-6-9(3,4)7-10;1-3-2;1-2/h8H,5-6H2,1-4H3;3H2,1-2H3;1-2H3. The number of rotatable bonds is 3. The summed E-state index contributed by atoms with van der Waals surface area (Å²) in [4.78, 5) is 0. The topological polar surface area (TPSA) is 23.8 Å². The highest BCUT2D eigenvalue weighted by molar-refractivity contribution is 4.91. The van der Waals surface area contributed by atoms with E-state index in [9.17, 15) is 0 Å². The van der Waals surface area contributed by atoms with Gasteiger partial charge >= 0.3 is 0 Å². The second-order valence-electron chi connectivity index (χ2n) is 4.64. The zero-order chi connectivity index (χ0) is 12.9. The van der Waals surface area contributed by atoms with Crippen LogP contribution in [0.2, 0.25) is 0 Å². The number of hydrogen-bond acceptors (Lipinski definition) is 1. The summed E-state index contributed by atoms with van der Waals surface area (Å²) < 4.78 is 0. The Balaban J connectivity index is -0.000000245. The molecule has 0 rings (SSSR count). The van der Waals surface area contributed by atoms with Crippen LogP contribution in [0.4, 0.5) is 0 Å². The Kier molecular flexibility index (Phi) is 18.0. The van der Waals surface area contributed by atoms with Gasteiger partial charge in [0.15, 0.2) is 0 Å². The van der Waals surface area contributed by atoms with Crippen LogP contribution in [-0.4, -0.2) is 0 Å². The van der Waals surface area contributed by atoms with Gasteiger partial charge in [-0.3, -0.25) is 0 Å². The van der Waals surface area contributed by atoms with E-state index < -0.39 is 0 Å². The lowest BCUT2D eigenvalue weighted by Gasteiger charge is -2.15. The molecule has 1 nitrogen and oxygen atoms in total. The molecule has 0 bridgehead atoms. The zero-order valence-corrected chi connectivity index (χ0v) is 12.1. The summed E-state index contributed by atoms with van der Waals surface area (Å²) in [5, 5.41) is 8.66. The minimum absolute atomic E-state index is 0.121. The Hall–Kier alpha value is -0.510. The summed E-state index contributed by atoms with van der Waals surface area (Å²) in [6.07, 6.45) is 3.42. The van der Waals surface area contributed by atoms with Crippen molar-refractivity contribution < 1.29 is 0 Å². The molecule has 0 aliphatic carbocycles. The molecule has 0 atom stereocenters. The minimum atomic E-state index is -0.121. The predicted molar refractivity (Wildman–Crippen MR) is 70.8 cm³/mol. The van der Waals surface area contributed by atoms with E-state index in [4.69, 9.17) is 5.26 Å². The van der Waals surface area contributed by atoms with Gasteiger partial charge in [0.05, 0.1) is 11.5 Å². The van der Waals surface area contributed by atoms with E-state index in [0.29, 0.717) is 5.92 Å². The molecule has 0 unspecified atom stereocenters. The average molecular weight is 213 g/mol. The fourth-order valence-corrected chi connectivity index (χ4v) is 0.705. The average Bonchev–Trinajstić information content (AvgIpc) is 2.19. The monoisotopic (exact) mass is 213 g/mol. The number of nitrogens with zero attached hydrogens (tertiary/aromatic N) is 1. The van der Waals surface area contributed by atoms with E-state index in [-0.39, 0.29) is 5.41 Å². The smallest absolute Gasteiger partial charge is 0.0683 e. The van der Waals surface area contributed by atoms with Gasteiger partial charge in [0.2, 0.25) is 0 Å². The highest BCUT2D eigenvalue weighted by Crippen LogP contribution is 2.22. The first-order chi connectivity index (χ1) is 6.89. The Morgan fingerprint density at radius 2 is 1.47 bits per heavy atom. The molecule has 15 heavy (non-hydrogen) atoms. The van der Waals surface area contributed by atoms with Gasteiger partial charge in [-0.05, 0) is 32.6 Å². The minimum Gasteiger partial charge on any atom is -0.198 e. The third-order valence-corrected chi connectivity index (χ3v) is 1.65. The van der Waals surface area contributed by atoms with Crippen molar-refractivity contribution >= 4 is 0 Å². The van der Waals surface area contributed by atoms with Gasteiger partial charge in [-0.2, -0.15) is 5.26 Å². The fraction of sp³-hybridized carbons (Fsp3) is 0.929. The highest BCUT2D eigenvalue weighted by atomic mass is 14.3. The summed E-state index contributed by atoms with van der Waals surface area (Å²) in [5.74, 6) is 0.715. The number of nitriles is 1. The summed E-state index contributed by atoms with van der Waals surface area (Å²) in [5.41, 5.74) is -0.121. The van der Waals surface area contributed by atoms with Crippen molar-refractivity contribution in [2.24, 2.45) is 11.3 Å². The van der Waals surface area contributed by atoms with E-state index in [1.165, 1.54) is 6.42 Å². The third-order valence-electron chi connectivity index (χ3n) is 1.65. The van der Waals surface area contributed by atoms with Crippen molar-refractivity contribution in [1.29, 1.82) is 5.26 Å². The Morgan fingerprint density at radius 3 is 1.67 bits per heavy atom. The molecule has 0 aromatic rings. The van der Waals surface area contributed by atoms with Crippen LogP contribution in [-0.2, 0) is 0 Å². The molecule has 92 valence electrons. The Morgan fingerprint density at radius 1 is 1.13 bits per heavy atom. The molecular formula is C14H31N. The van der Waals surface area contributed by atoms with E-state index in [1.54, 1.807) is 0 Å². The lowest BCUT2D eigenvalue weighted by Crippen LogP contribution is -2.08. The molecule has 0 aliphatic rings. The summed E-state index contributed by atoms with van der Waals surface area (Å²) in [6, 6.07) is 2.30. The maximum Gasteiger partial charge on any atom is 0.0683 e. The van der Waals surface area contributed by atoms with E-state index in [0.717, 1.165) is 12.8 Å². The Labute approximate surface area is 97.9 Å². The summed E-state index contributed by atoms with van der Waals surface area (Å²) in [6.45, 7) is 16.6. The highest BCUT2D eigenvalue weighted by Gasteiger charge is 2.16. The molecule has 0 aliphatic heterocycles. The van der Waals surface area contributed by atoms with Gasteiger partial charge in [0.25, 0.3) is 0 Å². The molecule has 0 fully saturated rings. The SMILES string of the molecule is CC.CC(C)CCC(C)(C)C#N.CCC. The first kappa shape index (κ1) is 20.0. The van der Waals surface area contributed by atoms with Crippen LogP contribution < -0.4 is 0 Å². The zero-order valence-electron chi connectivity index (χ0n) is 12.1. The van der Waals surface area contributed by atoms with E-state index in [2.05, 4.69) is 33.8 Å². The van der Waals surface area contributed by atoms with Crippen LogP contribution >= 0.6 is 0 Å². The van der Waals surface area contributed by atoms with Gasteiger partial charge in [0, 0.05) is 0 Å². The molecule has 0 heterocycles. The summed E-state index contributed by atoms with van der Waals surface area (Å²) >= 11 is 0. The third kappa shape index (κ3) is 24.7. The van der Waals surface area contributed by atoms with Crippen LogP contribution in [0.5, 0.6) is 0 Å². The van der Waals surface area contributed by atoms with Gasteiger partial charge in [-0.1, -0.05) is 48.0 Å². The van der Waals surface area contributed by atoms with E-state index >= 15 is 0 Å². The van der Waals surface area contributed by atoms with Crippen molar-refractivity contribution in [3.63, 3.8) is 0 Å². The fourth-order valence-electron chi connectivity index (χ4n) is 0.705. The van der Waals surface area contributed by atoms with Crippen molar-refractivity contribution in [3.8, 4) is 6.07 Å². The molecule has 0 radical (unpaired) electrons. The molecule has 0 saturated heterocycles. The van der Waals surface area contributed by atoms with Crippen molar-refractivity contribution in [2.45, 2.75) is 74.7 Å². The first-order valence-electron chi connectivity index (χ1n) is 6.30. The molecule has 0 spiro atoms. The molecule has 1 heteroatoms. The van der Waals surface area contributed by atoms with Crippen LogP contribution in [0.1, 0.15) is 74.7 Å². The van der Waals surface area contributed by atoms with Gasteiger partial charge < -0.3 is 0 Å². The lowest BCUT2D eigenvalue weighted by atomic mass is 9.87. The van der Waals surface area contributed by atoms with Crippen LogP contribution in [0.15, 0.2) is 0 Å². The molecule has 0 saturated carbocycles. The van der Waals surface area contributed by atoms with Crippen LogP contribution in [0.3, 0.4) is 0 Å². The molecule has 0 aromatic heterocycles. The lowest BCUT2D eigenvalue weighted by molar-refractivity contribution is 0.394. The van der Waals surface area contributed by atoms with E-state index in [1.807, 2.05) is 27.7 Å².